The molecule has 1 N–H and O–H groups in total. The predicted molar refractivity (Wildman–Crippen MR) is 103 cm³/mol. The summed E-state index contributed by atoms with van der Waals surface area (Å²) in [7, 11) is 0. The normalized spacial score (nSPS) is 11.1. The lowest BCUT2D eigenvalue weighted by Gasteiger charge is -2.02. The minimum absolute atomic E-state index is 0.0537. The second-order valence-corrected chi connectivity index (χ2v) is 6.09. The number of rotatable bonds is 5. The monoisotopic (exact) mass is 394 g/mol. The van der Waals surface area contributed by atoms with Gasteiger partial charge in [-0.1, -0.05) is 23.7 Å². The van der Waals surface area contributed by atoms with E-state index in [4.69, 9.17) is 16.0 Å². The van der Waals surface area contributed by atoms with Gasteiger partial charge in [0, 0.05) is 17.7 Å². The first-order chi connectivity index (χ1) is 13.4. The Balaban J connectivity index is 1.96. The van der Waals surface area contributed by atoms with Gasteiger partial charge in [-0.3, -0.25) is 10.1 Å². The molecule has 28 heavy (non-hydrogen) atoms. The van der Waals surface area contributed by atoms with E-state index in [-0.39, 0.29) is 21.8 Å². The first-order valence-electron chi connectivity index (χ1n) is 7.88. The van der Waals surface area contributed by atoms with Crippen LogP contribution < -0.4 is 0 Å². The molecule has 1 aromatic heterocycles. The van der Waals surface area contributed by atoms with Crippen molar-refractivity contribution in [2.75, 3.05) is 0 Å². The molecule has 0 atom stereocenters. The Morgan fingerprint density at radius 1 is 1.21 bits per heavy atom. The minimum atomic E-state index is -1.16. The molecule has 0 unspecified atom stereocenters. The number of aromatic carboxylic acids is 1. The molecule has 0 aliphatic carbocycles. The zero-order valence-electron chi connectivity index (χ0n) is 14.1. The molecule has 0 aliphatic rings. The van der Waals surface area contributed by atoms with Crippen molar-refractivity contribution in [2.45, 2.75) is 0 Å². The van der Waals surface area contributed by atoms with E-state index in [0.29, 0.717) is 22.6 Å². The Labute approximate surface area is 163 Å². The number of nitriles is 1. The van der Waals surface area contributed by atoms with Crippen molar-refractivity contribution in [3.05, 3.63) is 86.6 Å². The molecule has 3 aromatic rings. The molecule has 0 spiro atoms. The van der Waals surface area contributed by atoms with Crippen molar-refractivity contribution in [3.8, 4) is 17.4 Å². The molecule has 3 rings (SSSR count). The molecule has 1 heterocycles. The van der Waals surface area contributed by atoms with Gasteiger partial charge in [0.15, 0.2) is 0 Å². The summed E-state index contributed by atoms with van der Waals surface area (Å²) < 4.78 is 5.68. The zero-order valence-corrected chi connectivity index (χ0v) is 14.9. The average Bonchev–Trinajstić information content (AvgIpc) is 3.15. The number of nitro groups is 1. The predicted octanol–water partition coefficient (Wildman–Crippen LogP) is 5.27. The van der Waals surface area contributed by atoms with E-state index in [2.05, 4.69) is 0 Å². The van der Waals surface area contributed by atoms with Crippen molar-refractivity contribution < 1.29 is 19.2 Å². The van der Waals surface area contributed by atoms with Gasteiger partial charge < -0.3 is 9.52 Å². The van der Waals surface area contributed by atoms with Crippen LogP contribution in [0.15, 0.2) is 59.0 Å². The zero-order chi connectivity index (χ0) is 20.3. The molecule has 0 aliphatic heterocycles. The van der Waals surface area contributed by atoms with E-state index in [1.165, 1.54) is 36.4 Å². The van der Waals surface area contributed by atoms with Gasteiger partial charge in [0.2, 0.25) is 0 Å². The Kier molecular flexibility index (Phi) is 5.25. The van der Waals surface area contributed by atoms with Crippen LogP contribution in [0.2, 0.25) is 5.02 Å². The maximum Gasteiger partial charge on any atom is 0.337 e. The van der Waals surface area contributed by atoms with E-state index < -0.39 is 10.9 Å². The van der Waals surface area contributed by atoms with Crippen LogP contribution in [0.5, 0.6) is 0 Å². The molecule has 2 aromatic carbocycles. The fourth-order valence-electron chi connectivity index (χ4n) is 2.54. The number of carbonyl (C=O) groups is 1. The average molecular weight is 395 g/mol. The molecule has 0 saturated heterocycles. The second kappa shape index (κ2) is 7.78. The number of carboxylic acids is 1. The lowest BCUT2D eigenvalue weighted by Crippen LogP contribution is -1.97. The standard InChI is InChI=1S/C20H11ClN2O5/c21-18-6-4-13(10-17(18)20(24)25)19-7-5-16(28-19)9-14(11-22)12-2-1-3-15(8-12)23(26)27/h1-10H,(H,24,25)/b14-9+. The van der Waals surface area contributed by atoms with Crippen LogP contribution in [0, 0.1) is 21.4 Å². The molecule has 0 fully saturated rings. The summed E-state index contributed by atoms with van der Waals surface area (Å²) in [6.45, 7) is 0. The molecule has 7 nitrogen and oxygen atoms in total. The maximum absolute atomic E-state index is 11.2. The summed E-state index contributed by atoms with van der Waals surface area (Å²) in [6.07, 6.45) is 1.45. The van der Waals surface area contributed by atoms with Gasteiger partial charge in [0.25, 0.3) is 5.69 Å². The van der Waals surface area contributed by atoms with Crippen molar-refractivity contribution in [1.29, 1.82) is 5.26 Å². The van der Waals surface area contributed by atoms with Gasteiger partial charge in [-0.15, -0.1) is 0 Å². The van der Waals surface area contributed by atoms with Crippen molar-refractivity contribution in [1.82, 2.24) is 0 Å². The van der Waals surface area contributed by atoms with E-state index in [1.54, 1.807) is 24.3 Å². The summed E-state index contributed by atoms with van der Waals surface area (Å²) in [5, 5.41) is 29.6. The third-order valence-electron chi connectivity index (χ3n) is 3.88. The van der Waals surface area contributed by atoms with Crippen LogP contribution in [0.4, 0.5) is 5.69 Å². The molecule has 138 valence electrons. The smallest absolute Gasteiger partial charge is 0.337 e. The van der Waals surface area contributed by atoms with Crippen LogP contribution in [0.25, 0.3) is 23.0 Å². The van der Waals surface area contributed by atoms with Gasteiger partial charge in [-0.2, -0.15) is 5.26 Å². The highest BCUT2D eigenvalue weighted by Gasteiger charge is 2.13. The summed E-state index contributed by atoms with van der Waals surface area (Å²) in [6, 6.07) is 15.4. The van der Waals surface area contributed by atoms with Crippen molar-refractivity contribution >= 4 is 34.9 Å². The number of non-ortho nitro benzene ring substituents is 1. The van der Waals surface area contributed by atoms with Crippen molar-refractivity contribution in [2.24, 2.45) is 0 Å². The molecule has 0 amide bonds. The highest BCUT2D eigenvalue weighted by molar-refractivity contribution is 6.33. The van der Waals surface area contributed by atoms with E-state index in [9.17, 15) is 25.3 Å². The van der Waals surface area contributed by atoms with Crippen LogP contribution in [-0.4, -0.2) is 16.0 Å². The van der Waals surface area contributed by atoms with Gasteiger partial charge in [0.1, 0.15) is 11.5 Å². The molecule has 8 heteroatoms. The summed E-state index contributed by atoms with van der Waals surface area (Å²) in [5.41, 5.74) is 0.902. The first-order valence-corrected chi connectivity index (χ1v) is 8.26. The number of hydrogen-bond acceptors (Lipinski definition) is 5. The quantitative estimate of drug-likeness (QED) is 0.357. The molecular weight excluding hydrogens is 384 g/mol. The highest BCUT2D eigenvalue weighted by atomic mass is 35.5. The van der Waals surface area contributed by atoms with E-state index in [1.807, 2.05) is 6.07 Å². The number of carboxylic acid groups (broad SMARTS) is 1. The summed E-state index contributed by atoms with van der Waals surface area (Å²) >= 11 is 5.87. The van der Waals surface area contributed by atoms with Gasteiger partial charge >= 0.3 is 5.97 Å². The van der Waals surface area contributed by atoms with E-state index >= 15 is 0 Å². The maximum atomic E-state index is 11.2. The Bertz CT molecular complexity index is 1160. The van der Waals surface area contributed by atoms with Crippen LogP contribution in [0.3, 0.4) is 0 Å². The largest absolute Gasteiger partial charge is 0.478 e. The molecule has 0 radical (unpaired) electrons. The number of furan rings is 1. The number of nitro benzene ring substituents is 1. The minimum Gasteiger partial charge on any atom is -0.478 e. The first kappa shape index (κ1) is 18.9. The van der Waals surface area contributed by atoms with Crippen LogP contribution in [-0.2, 0) is 0 Å². The number of nitrogens with zero attached hydrogens (tertiary/aromatic N) is 2. The van der Waals surface area contributed by atoms with Gasteiger partial charge in [0.05, 0.1) is 27.2 Å². The lowest BCUT2D eigenvalue weighted by molar-refractivity contribution is -0.384. The Morgan fingerprint density at radius 3 is 2.68 bits per heavy atom. The Morgan fingerprint density at radius 2 is 2.00 bits per heavy atom. The van der Waals surface area contributed by atoms with Gasteiger partial charge in [-0.25, -0.2) is 4.79 Å². The highest BCUT2D eigenvalue weighted by Crippen LogP contribution is 2.29. The van der Waals surface area contributed by atoms with Crippen LogP contribution >= 0.6 is 11.6 Å². The molecule has 0 saturated carbocycles. The summed E-state index contributed by atoms with van der Waals surface area (Å²) in [5.74, 6) is -0.428. The second-order valence-electron chi connectivity index (χ2n) is 5.68. The lowest BCUT2D eigenvalue weighted by atomic mass is 10.1. The molecular formula is C20H11ClN2O5. The number of halogens is 1. The third kappa shape index (κ3) is 3.92. The summed E-state index contributed by atoms with van der Waals surface area (Å²) in [4.78, 5) is 21.6. The SMILES string of the molecule is N#C/C(=C\c1ccc(-c2ccc(Cl)c(C(=O)O)c2)o1)c1cccc([N+](=O)[O-])c1. The fraction of sp³-hybridized carbons (Fsp3) is 0. The fourth-order valence-corrected chi connectivity index (χ4v) is 2.74. The van der Waals surface area contributed by atoms with Gasteiger partial charge in [-0.05, 0) is 42.0 Å². The topological polar surface area (TPSA) is 117 Å². The third-order valence-corrected chi connectivity index (χ3v) is 4.21. The molecule has 0 bridgehead atoms. The number of hydrogen-bond donors (Lipinski definition) is 1. The number of benzene rings is 2. The Hall–Kier alpha value is -3.89. The van der Waals surface area contributed by atoms with E-state index in [0.717, 1.165) is 0 Å². The van der Waals surface area contributed by atoms with Crippen molar-refractivity contribution in [3.63, 3.8) is 0 Å². The number of allylic oxidation sites excluding steroid dienone is 1. The van der Waals surface area contributed by atoms with Crippen LogP contribution in [0.1, 0.15) is 21.7 Å².